The summed E-state index contributed by atoms with van der Waals surface area (Å²) in [6, 6.07) is 7.33. The van der Waals surface area contributed by atoms with E-state index in [9.17, 15) is 39.9 Å². The number of rotatable bonds is 14. The molecule has 23 heteroatoms. The van der Waals surface area contributed by atoms with Crippen LogP contribution in [0, 0.1) is 40.7 Å². The molecule has 13 atom stereocenters. The van der Waals surface area contributed by atoms with Crippen LogP contribution in [0.2, 0.25) is 0 Å². The minimum atomic E-state index is -5.22. The number of halogens is 8. The predicted octanol–water partition coefficient (Wildman–Crippen LogP) is 12.7. The molecular weight excluding hydrogens is 1270 g/mol. The lowest BCUT2D eigenvalue weighted by Gasteiger charge is -2.60. The Balaban J connectivity index is 1.26. The Morgan fingerprint density at radius 2 is 1.45 bits per heavy atom. The van der Waals surface area contributed by atoms with E-state index in [2.05, 4.69) is 129 Å². The number of hydrogen-bond acceptors (Lipinski definition) is 14. The molecule has 2 aromatic carbocycles. The largest absolute Gasteiger partial charge is 0.422 e. The molecule has 552 valence electrons. The second kappa shape index (κ2) is 37.2. The lowest BCUT2D eigenvalue weighted by Crippen LogP contribution is -2.75. The molecule has 0 aromatic heterocycles. The Hall–Kier alpha value is -5.14. The lowest BCUT2D eigenvalue weighted by atomic mass is 9.74. The van der Waals surface area contributed by atoms with Crippen molar-refractivity contribution in [3.05, 3.63) is 119 Å². The van der Waals surface area contributed by atoms with Crippen molar-refractivity contribution in [2.45, 2.75) is 227 Å². The van der Waals surface area contributed by atoms with Crippen molar-refractivity contribution in [3.63, 3.8) is 0 Å². The first-order valence-electron chi connectivity index (χ1n) is 36.4. The minimum Gasteiger partial charge on any atom is -0.378 e. The van der Waals surface area contributed by atoms with Gasteiger partial charge in [-0.3, -0.25) is 14.7 Å². The van der Waals surface area contributed by atoms with E-state index < -0.39 is 41.3 Å². The minimum absolute atomic E-state index is 0.0127. The number of aryl methyl sites for hydroxylation is 1. The van der Waals surface area contributed by atoms with Crippen LogP contribution in [0.1, 0.15) is 163 Å². The summed E-state index contributed by atoms with van der Waals surface area (Å²) in [6.07, 6.45) is 9.23. The van der Waals surface area contributed by atoms with E-state index in [-0.39, 0.29) is 96.4 Å². The molecule has 0 bridgehead atoms. The number of likely N-dealkylation sites (N-methyl/N-ethyl adjacent to an activating group) is 1. The van der Waals surface area contributed by atoms with Crippen molar-refractivity contribution in [2.24, 2.45) is 34.1 Å². The number of ether oxygens (including phenoxy) is 2. The van der Waals surface area contributed by atoms with Crippen molar-refractivity contribution in [1.82, 2.24) is 56.4 Å². The van der Waals surface area contributed by atoms with E-state index in [4.69, 9.17) is 14.5 Å². The summed E-state index contributed by atoms with van der Waals surface area (Å²) >= 11 is 0. The Kier molecular flexibility index (Phi) is 30.4. The van der Waals surface area contributed by atoms with Gasteiger partial charge in [-0.15, -0.1) is 0 Å². The Labute approximate surface area is 580 Å². The van der Waals surface area contributed by atoms with Gasteiger partial charge in [0.2, 0.25) is 5.91 Å². The molecule has 4 heterocycles. The van der Waals surface area contributed by atoms with Gasteiger partial charge in [-0.1, -0.05) is 79.4 Å². The van der Waals surface area contributed by atoms with Crippen LogP contribution in [-0.2, 0) is 39.5 Å². The summed E-state index contributed by atoms with van der Waals surface area (Å²) in [5, 5.41) is 23.0. The average Bonchev–Trinajstić information content (AvgIpc) is 1.63. The number of hydrogen-bond donors (Lipinski definition) is 6. The van der Waals surface area contributed by atoms with Gasteiger partial charge >= 0.3 is 12.4 Å². The first-order valence-corrected chi connectivity index (χ1v) is 36.4. The Morgan fingerprint density at radius 3 is 2.07 bits per heavy atom. The standard InChI is InChI=1S/C75H118F8N12O3/c1-15-50(6)66-43-89-65(38-49(4)5)53(9)88-44-67-69(72(96)93-34-36-97-37-35-93)56(12)95(67)71(51(7)16-2)54(10)85-31-30-84-45-68(98-17-3)87-29-26-60(25-22-58-40-63(76)70(64(77)41-58)75(81,82)83)86-32-33-91(13)46-61(39-57-20-23-59(24-21-57)74(78,79)80)92(14)47-62-42-73(27-18-19-28-73)48-94(62)55(11)52(8)90-66/h20-21,23-24,26,29,32-33,40-41,46-47,49-56,65-69,71,84-85,87-90H,15-19,22,25,27-28,30-31,34-39,42-45,48H2,1-14H3/t50-,51-,52?,53?,54?,55-,56?,65-,66+,67?,68+,69-,71-/m0/s1. The molecule has 5 unspecified atom stereocenters. The SMILES string of the molecule is CCO[C@@H]1CNCCNC(C)[C@H]([C@@H](C)CC)N2C(C)[C@H](C(=O)N3CCOCC3)C2CNC(C)[C@H](CC(C)C)NC[C@H]([C@@H](C)CC)NC(C)[C@H](C)N2CC3(CCCC3)CC2=CN(C)C(Cc2ccc(C(F)(F)F)cc2)=CN(C)C=CN=C(CCc2cc(F)c(C(F)(F)F)c(F)c2)C=CN1. The summed E-state index contributed by atoms with van der Waals surface area (Å²) in [7, 11) is 3.80. The van der Waals surface area contributed by atoms with Crippen molar-refractivity contribution >= 4 is 11.6 Å². The number of benzene rings is 2. The molecule has 0 radical (unpaired) electrons. The fourth-order valence-corrected chi connectivity index (χ4v) is 15.4. The number of nitrogens with zero attached hydrogens (tertiary/aromatic N) is 6. The molecule has 7 rings (SSSR count). The number of carbonyl (C=O) groups is 1. The number of morpholine rings is 1. The van der Waals surface area contributed by atoms with Crippen LogP contribution >= 0.6 is 0 Å². The highest BCUT2D eigenvalue weighted by Gasteiger charge is 2.55. The fourth-order valence-electron chi connectivity index (χ4n) is 15.4. The molecule has 1 spiro atoms. The Morgan fingerprint density at radius 1 is 0.776 bits per heavy atom. The third kappa shape index (κ3) is 22.2. The third-order valence-electron chi connectivity index (χ3n) is 21.6. The molecule has 1 aliphatic carbocycles. The second-order valence-electron chi connectivity index (χ2n) is 29.3. The maximum absolute atomic E-state index is 14.9. The monoisotopic (exact) mass is 1390 g/mol. The zero-order chi connectivity index (χ0) is 71.6. The van der Waals surface area contributed by atoms with Gasteiger partial charge in [0.1, 0.15) is 23.4 Å². The van der Waals surface area contributed by atoms with Gasteiger partial charge < -0.3 is 61.0 Å². The van der Waals surface area contributed by atoms with Crippen LogP contribution in [0.4, 0.5) is 35.1 Å². The molecule has 5 aliphatic rings. The van der Waals surface area contributed by atoms with Gasteiger partial charge in [0.15, 0.2) is 0 Å². The summed E-state index contributed by atoms with van der Waals surface area (Å²) in [6.45, 7) is 33.7. The van der Waals surface area contributed by atoms with Crippen molar-refractivity contribution in [3.8, 4) is 0 Å². The van der Waals surface area contributed by atoms with Crippen LogP contribution in [0.3, 0.4) is 0 Å². The summed E-state index contributed by atoms with van der Waals surface area (Å²) in [4.78, 5) is 30.6. The quantitative estimate of drug-likeness (QED) is 0.100. The van der Waals surface area contributed by atoms with Crippen LogP contribution < -0.4 is 31.9 Å². The zero-order valence-electron chi connectivity index (χ0n) is 61.0. The number of allylic oxidation sites excluding steroid dienone is 3. The van der Waals surface area contributed by atoms with Crippen molar-refractivity contribution < 1.29 is 49.4 Å². The maximum Gasteiger partial charge on any atom is 0.422 e. The zero-order valence-corrected chi connectivity index (χ0v) is 61.0. The van der Waals surface area contributed by atoms with Gasteiger partial charge in [0.05, 0.1) is 24.7 Å². The predicted molar refractivity (Wildman–Crippen MR) is 377 cm³/mol. The van der Waals surface area contributed by atoms with Gasteiger partial charge in [0, 0.05) is 182 Å². The molecule has 98 heavy (non-hydrogen) atoms. The Bertz CT molecular complexity index is 2930. The van der Waals surface area contributed by atoms with E-state index in [1.165, 1.54) is 17.8 Å². The summed E-state index contributed by atoms with van der Waals surface area (Å²) in [5.74, 6) is -2.29. The normalized spacial score (nSPS) is 28.5. The molecule has 1 amide bonds. The number of amides is 1. The molecule has 2 aromatic rings. The van der Waals surface area contributed by atoms with E-state index in [0.29, 0.717) is 100 Å². The maximum atomic E-state index is 14.9. The van der Waals surface area contributed by atoms with Crippen molar-refractivity contribution in [2.75, 3.05) is 86.3 Å². The van der Waals surface area contributed by atoms with Crippen LogP contribution in [-0.4, -0.2) is 183 Å². The second-order valence-corrected chi connectivity index (χ2v) is 29.3. The first-order chi connectivity index (χ1) is 46.5. The third-order valence-corrected chi connectivity index (χ3v) is 21.6. The highest BCUT2D eigenvalue weighted by atomic mass is 19.4. The fraction of sp³-hybridized carbons (Fsp3) is 0.707. The molecule has 4 fully saturated rings. The van der Waals surface area contributed by atoms with Crippen molar-refractivity contribution in [1.29, 1.82) is 0 Å². The topological polar surface area (TPSA) is 136 Å². The number of nitrogens with one attached hydrogen (secondary N) is 6. The molecule has 15 nitrogen and oxygen atoms in total. The smallest absolute Gasteiger partial charge is 0.378 e. The molecular formula is C75H118F8N12O3. The van der Waals surface area contributed by atoms with Gasteiger partial charge in [0.25, 0.3) is 0 Å². The molecule has 1 saturated carbocycles. The highest BCUT2D eigenvalue weighted by Crippen LogP contribution is 2.50. The number of aliphatic imine (C=N–C) groups is 1. The van der Waals surface area contributed by atoms with Crippen LogP contribution in [0.15, 0.2) is 89.9 Å². The van der Waals surface area contributed by atoms with Crippen LogP contribution in [0.25, 0.3) is 0 Å². The van der Waals surface area contributed by atoms with Gasteiger partial charge in [-0.25, -0.2) is 8.78 Å². The van der Waals surface area contributed by atoms with Gasteiger partial charge in [-0.05, 0) is 145 Å². The number of alkyl halides is 6. The van der Waals surface area contributed by atoms with E-state index in [1.807, 2.05) is 32.1 Å². The summed E-state index contributed by atoms with van der Waals surface area (Å²) in [5.41, 5.74) is 0.524. The highest BCUT2D eigenvalue weighted by molar-refractivity contribution is 5.95. The van der Waals surface area contributed by atoms with E-state index in [1.54, 1.807) is 29.6 Å². The number of carbonyl (C=O) groups excluding carboxylic acids is 1. The lowest BCUT2D eigenvalue weighted by molar-refractivity contribution is -0.164. The molecule has 4 aliphatic heterocycles. The van der Waals surface area contributed by atoms with Gasteiger partial charge in [-0.2, -0.15) is 26.3 Å². The molecule has 6 N–H and O–H groups in total. The first kappa shape index (κ1) is 80.2. The van der Waals surface area contributed by atoms with E-state index in [0.717, 1.165) is 82.3 Å². The number of fused-ring (bicyclic) bond motifs is 2. The average molecular weight is 1390 g/mol. The molecule has 3 saturated heterocycles. The summed E-state index contributed by atoms with van der Waals surface area (Å²) < 4.78 is 124. The van der Waals surface area contributed by atoms with E-state index >= 15 is 0 Å². The van der Waals surface area contributed by atoms with Crippen LogP contribution in [0.5, 0.6) is 0 Å².